The van der Waals surface area contributed by atoms with Crippen molar-refractivity contribution in [2.24, 2.45) is 0 Å². The number of carbonyl (C=O) groups is 2. The van der Waals surface area contributed by atoms with Crippen molar-refractivity contribution in [3.05, 3.63) is 71.3 Å². The first kappa shape index (κ1) is 19.3. The van der Waals surface area contributed by atoms with Gasteiger partial charge in [-0.1, -0.05) is 17.2 Å². The number of hydrogen-bond donors (Lipinski definition) is 2. The average Bonchev–Trinajstić information content (AvgIpc) is 3.44. The smallest absolute Gasteiger partial charge is 0.273 e. The van der Waals surface area contributed by atoms with Crippen molar-refractivity contribution in [3.63, 3.8) is 0 Å². The summed E-state index contributed by atoms with van der Waals surface area (Å²) >= 11 is 0. The van der Waals surface area contributed by atoms with Gasteiger partial charge in [0, 0.05) is 24.3 Å². The van der Waals surface area contributed by atoms with Crippen molar-refractivity contribution in [1.29, 1.82) is 0 Å². The molecule has 0 unspecified atom stereocenters. The highest BCUT2D eigenvalue weighted by atomic mass is 16.2. The average molecular weight is 400 g/mol. The highest BCUT2D eigenvalue weighted by Crippen LogP contribution is 2.20. The molecule has 0 saturated heterocycles. The van der Waals surface area contributed by atoms with Crippen molar-refractivity contribution in [1.82, 2.24) is 30.6 Å². The summed E-state index contributed by atoms with van der Waals surface area (Å²) in [5.41, 5.74) is 2.51. The minimum Gasteiger partial charge on any atom is -0.352 e. The SMILES string of the molecule is CCNC(=O)c1ccc(-n2cc(C(=O)NC3CC3)nn2)c(C#Cc2ccccn2)c1. The number of amides is 2. The normalized spacial score (nSPS) is 12.6. The van der Waals surface area contributed by atoms with Crippen molar-refractivity contribution in [2.75, 3.05) is 6.54 Å². The minimum atomic E-state index is -0.246. The molecule has 0 radical (unpaired) electrons. The maximum absolute atomic E-state index is 12.3. The van der Waals surface area contributed by atoms with Crippen LogP contribution in [0, 0.1) is 11.8 Å². The summed E-state index contributed by atoms with van der Waals surface area (Å²) in [4.78, 5) is 28.7. The topological polar surface area (TPSA) is 102 Å². The van der Waals surface area contributed by atoms with Crippen LogP contribution in [0.25, 0.3) is 5.69 Å². The molecule has 2 N–H and O–H groups in total. The highest BCUT2D eigenvalue weighted by molar-refractivity contribution is 5.95. The molecule has 150 valence electrons. The van der Waals surface area contributed by atoms with E-state index in [4.69, 9.17) is 0 Å². The zero-order chi connectivity index (χ0) is 20.9. The molecule has 1 aliphatic carbocycles. The van der Waals surface area contributed by atoms with Gasteiger partial charge >= 0.3 is 0 Å². The first-order chi connectivity index (χ1) is 14.6. The second-order valence-corrected chi connectivity index (χ2v) is 6.85. The summed E-state index contributed by atoms with van der Waals surface area (Å²) in [5.74, 6) is 5.63. The van der Waals surface area contributed by atoms with E-state index in [1.807, 2.05) is 19.1 Å². The summed E-state index contributed by atoms with van der Waals surface area (Å²) in [6, 6.07) is 10.8. The van der Waals surface area contributed by atoms with E-state index < -0.39 is 0 Å². The fourth-order valence-corrected chi connectivity index (χ4v) is 2.78. The van der Waals surface area contributed by atoms with Gasteiger partial charge in [0.2, 0.25) is 0 Å². The lowest BCUT2D eigenvalue weighted by Gasteiger charge is -2.07. The van der Waals surface area contributed by atoms with Gasteiger partial charge in [0.15, 0.2) is 5.69 Å². The molecule has 1 aromatic carbocycles. The van der Waals surface area contributed by atoms with Crippen LogP contribution in [0.2, 0.25) is 0 Å². The molecule has 8 nitrogen and oxygen atoms in total. The zero-order valence-corrected chi connectivity index (χ0v) is 16.4. The fraction of sp³-hybridized carbons (Fsp3) is 0.227. The molecular formula is C22H20N6O2. The lowest BCUT2D eigenvalue weighted by atomic mass is 10.1. The van der Waals surface area contributed by atoms with Crippen LogP contribution in [0.15, 0.2) is 48.8 Å². The van der Waals surface area contributed by atoms with Gasteiger partial charge in [-0.2, -0.15) is 0 Å². The first-order valence-corrected chi connectivity index (χ1v) is 9.73. The van der Waals surface area contributed by atoms with Crippen LogP contribution in [0.1, 0.15) is 51.9 Å². The molecule has 30 heavy (non-hydrogen) atoms. The molecular weight excluding hydrogens is 380 g/mol. The summed E-state index contributed by atoms with van der Waals surface area (Å²) in [6.07, 6.45) is 5.21. The van der Waals surface area contributed by atoms with Crippen molar-refractivity contribution in [2.45, 2.75) is 25.8 Å². The number of rotatable bonds is 5. The highest BCUT2D eigenvalue weighted by Gasteiger charge is 2.25. The van der Waals surface area contributed by atoms with E-state index in [1.165, 1.54) is 4.68 Å². The molecule has 3 aromatic rings. The summed E-state index contributed by atoms with van der Waals surface area (Å²) < 4.78 is 1.49. The van der Waals surface area contributed by atoms with E-state index in [1.54, 1.807) is 36.7 Å². The maximum Gasteiger partial charge on any atom is 0.273 e. The van der Waals surface area contributed by atoms with Gasteiger partial charge in [0.25, 0.3) is 11.8 Å². The predicted molar refractivity (Wildman–Crippen MR) is 110 cm³/mol. The first-order valence-electron chi connectivity index (χ1n) is 9.73. The fourth-order valence-electron chi connectivity index (χ4n) is 2.78. The van der Waals surface area contributed by atoms with Crippen LogP contribution in [0.5, 0.6) is 0 Å². The monoisotopic (exact) mass is 400 g/mol. The van der Waals surface area contributed by atoms with Gasteiger partial charge in [0.05, 0.1) is 17.4 Å². The number of nitrogens with zero attached hydrogens (tertiary/aromatic N) is 4. The second-order valence-electron chi connectivity index (χ2n) is 6.85. The van der Waals surface area contributed by atoms with Crippen LogP contribution in [-0.4, -0.2) is 44.4 Å². The molecule has 0 aliphatic heterocycles. The number of hydrogen-bond acceptors (Lipinski definition) is 5. The maximum atomic E-state index is 12.3. The van der Waals surface area contributed by atoms with Gasteiger partial charge in [-0.3, -0.25) is 9.59 Å². The Kier molecular flexibility index (Phi) is 5.52. The summed E-state index contributed by atoms with van der Waals surface area (Å²) in [5, 5.41) is 13.7. The molecule has 1 saturated carbocycles. The molecule has 0 spiro atoms. The summed E-state index contributed by atoms with van der Waals surface area (Å²) in [6.45, 7) is 2.38. The third-order valence-corrected chi connectivity index (χ3v) is 4.47. The molecule has 2 heterocycles. The van der Waals surface area contributed by atoms with E-state index in [2.05, 4.69) is 37.8 Å². The van der Waals surface area contributed by atoms with Gasteiger partial charge in [-0.15, -0.1) is 5.10 Å². The Morgan fingerprint density at radius 2 is 2.03 bits per heavy atom. The molecule has 1 fully saturated rings. The third-order valence-electron chi connectivity index (χ3n) is 4.47. The molecule has 0 bridgehead atoms. The van der Waals surface area contributed by atoms with Crippen LogP contribution in [-0.2, 0) is 0 Å². The standard InChI is InChI=1S/C22H20N6O2/c1-2-23-21(29)16-7-11-20(15(13-16)6-8-17-5-3-4-12-24-17)28-14-19(26-27-28)22(30)25-18-9-10-18/h3-5,7,11-14,18H,2,9-10H2,1H3,(H,23,29)(H,25,30). The van der Waals surface area contributed by atoms with Crippen molar-refractivity contribution < 1.29 is 9.59 Å². The van der Waals surface area contributed by atoms with Crippen LogP contribution in [0.3, 0.4) is 0 Å². The Hall–Kier alpha value is -3.99. The quantitative estimate of drug-likeness (QED) is 0.635. The second kappa shape index (κ2) is 8.57. The molecule has 8 heteroatoms. The largest absolute Gasteiger partial charge is 0.352 e. The van der Waals surface area contributed by atoms with Crippen LogP contribution < -0.4 is 10.6 Å². The Morgan fingerprint density at radius 1 is 1.17 bits per heavy atom. The Bertz CT molecular complexity index is 1140. The van der Waals surface area contributed by atoms with Gasteiger partial charge in [-0.05, 0) is 56.0 Å². The zero-order valence-electron chi connectivity index (χ0n) is 16.4. The lowest BCUT2D eigenvalue weighted by Crippen LogP contribution is -2.25. The number of nitrogens with one attached hydrogen (secondary N) is 2. The van der Waals surface area contributed by atoms with E-state index in [0.29, 0.717) is 29.1 Å². The minimum absolute atomic E-state index is 0.187. The number of aromatic nitrogens is 4. The Balaban J connectivity index is 1.69. The van der Waals surface area contributed by atoms with Gasteiger partial charge in [-0.25, -0.2) is 9.67 Å². The van der Waals surface area contributed by atoms with E-state index in [0.717, 1.165) is 12.8 Å². The van der Waals surface area contributed by atoms with Crippen LogP contribution >= 0.6 is 0 Å². The van der Waals surface area contributed by atoms with E-state index in [9.17, 15) is 9.59 Å². The summed E-state index contributed by atoms with van der Waals surface area (Å²) in [7, 11) is 0. The van der Waals surface area contributed by atoms with Crippen LogP contribution in [0.4, 0.5) is 0 Å². The molecule has 2 aromatic heterocycles. The molecule has 4 rings (SSSR count). The third kappa shape index (κ3) is 4.52. The predicted octanol–water partition coefficient (Wildman–Crippen LogP) is 1.70. The van der Waals surface area contributed by atoms with Gasteiger partial charge in [0.1, 0.15) is 5.69 Å². The molecule has 1 aliphatic rings. The number of benzene rings is 1. The van der Waals surface area contributed by atoms with Crippen molar-refractivity contribution in [3.8, 4) is 17.5 Å². The van der Waals surface area contributed by atoms with Gasteiger partial charge < -0.3 is 10.6 Å². The Labute approximate surface area is 173 Å². The molecule has 0 atom stereocenters. The number of pyridine rings is 1. The molecule has 2 amide bonds. The van der Waals surface area contributed by atoms with Crippen molar-refractivity contribution >= 4 is 11.8 Å². The number of carbonyl (C=O) groups excluding carboxylic acids is 2. The van der Waals surface area contributed by atoms with E-state index >= 15 is 0 Å². The Morgan fingerprint density at radius 3 is 2.77 bits per heavy atom. The lowest BCUT2D eigenvalue weighted by molar-refractivity contribution is 0.0941. The van der Waals surface area contributed by atoms with E-state index in [-0.39, 0.29) is 23.6 Å².